The van der Waals surface area contributed by atoms with Crippen molar-refractivity contribution in [2.45, 2.75) is 0 Å². The Morgan fingerprint density at radius 3 is 2.60 bits per heavy atom. The van der Waals surface area contributed by atoms with Crippen molar-refractivity contribution >= 4 is 53.5 Å². The third kappa shape index (κ3) is 2.08. The third-order valence-corrected chi connectivity index (χ3v) is 6.07. The Bertz CT molecular complexity index is 1220. The Morgan fingerprint density at radius 2 is 1.68 bits per heavy atom. The monoisotopic (exact) mass is 339 g/mol. The first-order chi connectivity index (χ1) is 12.2. The van der Waals surface area contributed by atoms with Crippen LogP contribution in [0, 0.1) is 0 Å². The number of anilines is 1. The number of hydrogen-bond acceptors (Lipinski definition) is 2. The second-order valence-corrected chi connectivity index (χ2v) is 7.51. The van der Waals surface area contributed by atoms with Crippen LogP contribution in [0.4, 0.5) is 5.69 Å². The van der Waals surface area contributed by atoms with Crippen LogP contribution in [0.2, 0.25) is 0 Å². The van der Waals surface area contributed by atoms with Crippen molar-refractivity contribution in [1.29, 1.82) is 0 Å². The molecule has 1 nitrogen and oxygen atoms in total. The highest BCUT2D eigenvalue weighted by Crippen LogP contribution is 2.42. The van der Waals surface area contributed by atoms with Crippen LogP contribution in [-0.4, -0.2) is 7.05 Å². The molecular weight excluding hydrogens is 322 g/mol. The van der Waals surface area contributed by atoms with Gasteiger partial charge < -0.3 is 4.90 Å². The van der Waals surface area contributed by atoms with E-state index in [0.717, 1.165) is 5.57 Å². The van der Waals surface area contributed by atoms with Crippen LogP contribution in [0.1, 0.15) is 5.56 Å². The zero-order valence-corrected chi connectivity index (χ0v) is 14.8. The van der Waals surface area contributed by atoms with Crippen molar-refractivity contribution < 1.29 is 0 Å². The zero-order valence-electron chi connectivity index (χ0n) is 14.0. The Morgan fingerprint density at radius 1 is 0.840 bits per heavy atom. The Labute approximate surface area is 150 Å². The zero-order chi connectivity index (χ0) is 17.0. The normalized spacial score (nSPS) is 16.8. The van der Waals surface area contributed by atoms with Gasteiger partial charge in [-0.2, -0.15) is 0 Å². The summed E-state index contributed by atoms with van der Waals surface area (Å²) >= 11 is 1.86. The highest BCUT2D eigenvalue weighted by atomic mass is 32.1. The minimum atomic E-state index is 1.05. The number of hydrogen-bond donors (Lipinski definition) is 0. The molecule has 3 aromatic carbocycles. The lowest BCUT2D eigenvalue weighted by Crippen LogP contribution is -2.11. The molecule has 4 aromatic rings. The lowest BCUT2D eigenvalue weighted by atomic mass is 9.93. The number of rotatable bonds is 0. The quantitative estimate of drug-likeness (QED) is 0.343. The molecule has 1 aromatic heterocycles. The van der Waals surface area contributed by atoms with Crippen LogP contribution in [-0.2, 0) is 0 Å². The maximum atomic E-state index is 4.33. The van der Waals surface area contributed by atoms with E-state index in [2.05, 4.69) is 85.4 Å². The van der Waals surface area contributed by atoms with E-state index in [1.807, 2.05) is 17.4 Å². The van der Waals surface area contributed by atoms with Gasteiger partial charge in [0.25, 0.3) is 0 Å². The molecule has 1 aliphatic heterocycles. The van der Waals surface area contributed by atoms with E-state index >= 15 is 0 Å². The molecule has 0 amide bonds. The minimum Gasteiger partial charge on any atom is -0.351 e. The minimum absolute atomic E-state index is 1.05. The van der Waals surface area contributed by atoms with Crippen LogP contribution in [0.3, 0.4) is 0 Å². The molecule has 0 bridgehead atoms. The smallest absolute Gasteiger partial charge is 0.0489 e. The maximum absolute atomic E-state index is 4.33. The van der Waals surface area contributed by atoms with Crippen molar-refractivity contribution in [2.75, 3.05) is 11.9 Å². The van der Waals surface area contributed by atoms with Crippen LogP contribution in [0.15, 0.2) is 79.5 Å². The van der Waals surface area contributed by atoms with Crippen molar-refractivity contribution in [1.82, 2.24) is 0 Å². The molecule has 0 radical (unpaired) electrons. The van der Waals surface area contributed by atoms with Crippen molar-refractivity contribution in [3.8, 4) is 0 Å². The molecule has 5 rings (SSSR count). The van der Waals surface area contributed by atoms with Gasteiger partial charge in [0.2, 0.25) is 0 Å². The van der Waals surface area contributed by atoms with Gasteiger partial charge in [0.05, 0.1) is 0 Å². The van der Waals surface area contributed by atoms with Crippen molar-refractivity contribution in [3.05, 3.63) is 85.1 Å². The first kappa shape index (κ1) is 14.5. The van der Waals surface area contributed by atoms with Gasteiger partial charge in [0.15, 0.2) is 0 Å². The predicted molar refractivity (Wildman–Crippen MR) is 113 cm³/mol. The summed E-state index contributed by atoms with van der Waals surface area (Å²) in [4.78, 5) is 2.17. The third-order valence-electron chi connectivity index (χ3n) is 4.94. The summed E-state index contributed by atoms with van der Waals surface area (Å²) in [5.74, 6) is 0. The van der Waals surface area contributed by atoms with E-state index in [1.165, 1.54) is 42.2 Å². The Balaban J connectivity index is 1.97. The number of benzene rings is 3. The standard InChI is InChI=1S/C23H17NS/c1-15-7-5-6-14-24(2)19-12-10-17-16(22(15)19)11-13-21-23(17)18-8-3-4-9-20(18)25-21/h3-14H,1H2,2H3/b7-5-,14-6-. The van der Waals surface area contributed by atoms with Crippen LogP contribution in [0.25, 0.3) is 36.5 Å². The van der Waals surface area contributed by atoms with Crippen LogP contribution < -0.4 is 4.90 Å². The van der Waals surface area contributed by atoms with Gasteiger partial charge in [0, 0.05) is 44.7 Å². The van der Waals surface area contributed by atoms with Gasteiger partial charge in [-0.05, 0) is 40.6 Å². The number of allylic oxidation sites excluding steroid dienone is 4. The van der Waals surface area contributed by atoms with Crippen LogP contribution in [0.5, 0.6) is 0 Å². The Kier molecular flexibility index (Phi) is 3.09. The van der Waals surface area contributed by atoms with Gasteiger partial charge in [-0.25, -0.2) is 0 Å². The summed E-state index contributed by atoms with van der Waals surface area (Å²) in [5.41, 5.74) is 3.46. The average molecular weight is 339 g/mol. The fourth-order valence-corrected chi connectivity index (χ4v) is 4.88. The summed E-state index contributed by atoms with van der Waals surface area (Å²) in [6.07, 6.45) is 8.29. The Hall–Kier alpha value is -2.84. The molecular formula is C23H17NS. The highest BCUT2D eigenvalue weighted by Gasteiger charge is 2.16. The van der Waals surface area contributed by atoms with E-state index in [9.17, 15) is 0 Å². The summed E-state index contributed by atoms with van der Waals surface area (Å²) in [5, 5.41) is 5.28. The van der Waals surface area contributed by atoms with Crippen molar-refractivity contribution in [2.24, 2.45) is 0 Å². The molecule has 0 aliphatic carbocycles. The molecule has 2 heterocycles. The summed E-state index contributed by atoms with van der Waals surface area (Å²) in [7, 11) is 2.09. The molecule has 0 atom stereocenters. The van der Waals surface area contributed by atoms with Gasteiger partial charge in [-0.3, -0.25) is 0 Å². The lowest BCUT2D eigenvalue weighted by Gasteiger charge is -2.22. The van der Waals surface area contributed by atoms with Crippen LogP contribution >= 0.6 is 11.3 Å². The van der Waals surface area contributed by atoms with Gasteiger partial charge in [0.1, 0.15) is 0 Å². The molecule has 0 saturated carbocycles. The van der Waals surface area contributed by atoms with E-state index in [4.69, 9.17) is 0 Å². The highest BCUT2D eigenvalue weighted by molar-refractivity contribution is 7.26. The van der Waals surface area contributed by atoms with E-state index in [-0.39, 0.29) is 0 Å². The second kappa shape index (κ2) is 5.33. The molecule has 0 saturated heterocycles. The number of nitrogens with zero attached hydrogens (tertiary/aromatic N) is 1. The SMILES string of the molecule is C=C1/C=C\C=C/N(C)c2ccc3c(ccc4sc5ccccc5c43)c21. The molecule has 0 N–H and O–H groups in total. The summed E-state index contributed by atoms with van der Waals surface area (Å²) < 4.78 is 2.68. The first-order valence-electron chi connectivity index (χ1n) is 8.38. The van der Waals surface area contributed by atoms with Gasteiger partial charge >= 0.3 is 0 Å². The molecule has 0 unspecified atom stereocenters. The topological polar surface area (TPSA) is 3.24 Å². The van der Waals surface area contributed by atoms with E-state index in [1.54, 1.807) is 0 Å². The lowest BCUT2D eigenvalue weighted by molar-refractivity contribution is 1.20. The summed E-state index contributed by atoms with van der Waals surface area (Å²) in [6, 6.07) is 17.7. The molecule has 2 heteroatoms. The fraction of sp³-hybridized carbons (Fsp3) is 0.0435. The molecule has 0 fully saturated rings. The van der Waals surface area contributed by atoms with E-state index < -0.39 is 0 Å². The maximum Gasteiger partial charge on any atom is 0.0489 e. The van der Waals surface area contributed by atoms with Crippen molar-refractivity contribution in [3.63, 3.8) is 0 Å². The fourth-order valence-electron chi connectivity index (χ4n) is 3.76. The number of fused-ring (bicyclic) bond motifs is 7. The molecule has 1 aliphatic rings. The summed E-state index contributed by atoms with van der Waals surface area (Å²) in [6.45, 7) is 4.33. The first-order valence-corrected chi connectivity index (χ1v) is 9.19. The average Bonchev–Trinajstić information content (AvgIpc) is 3.01. The molecule has 25 heavy (non-hydrogen) atoms. The van der Waals surface area contributed by atoms with E-state index in [0.29, 0.717) is 0 Å². The van der Waals surface area contributed by atoms with Gasteiger partial charge in [-0.15, -0.1) is 11.3 Å². The molecule has 120 valence electrons. The molecule has 0 spiro atoms. The second-order valence-electron chi connectivity index (χ2n) is 6.43. The van der Waals surface area contributed by atoms with Gasteiger partial charge in [-0.1, -0.05) is 49.1 Å². The largest absolute Gasteiger partial charge is 0.351 e. The predicted octanol–water partition coefficient (Wildman–Crippen LogP) is 6.74. The number of thiophene rings is 1.